The highest BCUT2D eigenvalue weighted by atomic mass is 16.4. The number of hydrogen-bond donors (Lipinski definition) is 8. The number of amides is 4. The predicted octanol–water partition coefficient (Wildman–Crippen LogP) is -3.60. The highest BCUT2D eigenvalue weighted by Crippen LogP contribution is 2.07. The Hall–Kier alpha value is -3.26. The second kappa shape index (κ2) is 12.6. The van der Waals surface area contributed by atoms with Crippen molar-refractivity contribution < 1.29 is 44.1 Å². The lowest BCUT2D eigenvalue weighted by atomic mass is 10.1. The van der Waals surface area contributed by atoms with Crippen LogP contribution in [0.3, 0.4) is 0 Å². The lowest BCUT2D eigenvalue weighted by molar-refractivity contribution is -0.146. The summed E-state index contributed by atoms with van der Waals surface area (Å²) in [5.74, 6) is -6.40. The van der Waals surface area contributed by atoms with E-state index in [1.54, 1.807) is 0 Å². The molecule has 0 aliphatic carbocycles. The minimum absolute atomic E-state index is 0.202. The molecule has 0 bridgehead atoms. The summed E-state index contributed by atoms with van der Waals surface area (Å²) in [7, 11) is 0. The molecule has 0 spiro atoms. The van der Waals surface area contributed by atoms with Crippen LogP contribution in [0, 0.1) is 0 Å². The van der Waals surface area contributed by atoms with E-state index >= 15 is 0 Å². The first kappa shape index (κ1) is 26.8. The summed E-state index contributed by atoms with van der Waals surface area (Å²) in [5.41, 5.74) is 5.10. The number of nitrogens with two attached hydrogens (primary N) is 1. The second-order valence-corrected chi connectivity index (χ2v) is 7.44. The molecule has 14 heteroatoms. The summed E-state index contributed by atoms with van der Waals surface area (Å²) < 4.78 is 0. The molecule has 1 aliphatic rings. The zero-order valence-electron chi connectivity index (χ0n) is 17.5. The van der Waals surface area contributed by atoms with Crippen LogP contribution in [-0.2, 0) is 28.8 Å². The van der Waals surface area contributed by atoms with Crippen molar-refractivity contribution in [3.63, 3.8) is 0 Å². The third kappa shape index (κ3) is 8.85. The van der Waals surface area contributed by atoms with Gasteiger partial charge >= 0.3 is 11.9 Å². The van der Waals surface area contributed by atoms with Crippen molar-refractivity contribution in [1.82, 2.24) is 21.3 Å². The van der Waals surface area contributed by atoms with Gasteiger partial charge in [0.05, 0.1) is 18.6 Å². The van der Waals surface area contributed by atoms with Gasteiger partial charge in [0.2, 0.25) is 23.6 Å². The van der Waals surface area contributed by atoms with Crippen LogP contribution in [0.1, 0.15) is 39.0 Å². The molecule has 0 aromatic heterocycles. The van der Waals surface area contributed by atoms with Crippen LogP contribution < -0.4 is 27.0 Å². The summed E-state index contributed by atoms with van der Waals surface area (Å²) in [5, 5.41) is 37.1. The number of aliphatic hydroxyl groups excluding tert-OH is 1. The van der Waals surface area contributed by atoms with Crippen molar-refractivity contribution in [3.8, 4) is 0 Å². The summed E-state index contributed by atoms with van der Waals surface area (Å²) in [6.07, 6.45) is -1.58. The van der Waals surface area contributed by atoms with Gasteiger partial charge in [-0.3, -0.25) is 24.0 Å². The topological polar surface area (TPSA) is 237 Å². The lowest BCUT2D eigenvalue weighted by Crippen LogP contribution is -2.58. The molecular weight excluding hydrogens is 430 g/mol. The standard InChI is InChI=1S/C18H29N5O9/c1-8(24)14(18(31)32)23-17(30)11(7-13(26)27)22-16(29)10(4-5-12(19)25)21-15(28)9-3-2-6-20-9/h8-11,14,20,24H,2-7H2,1H3,(H2,19,25)(H,21,28)(H,22,29)(H,23,30)(H,26,27)(H,31,32). The van der Waals surface area contributed by atoms with Crippen molar-refractivity contribution in [3.05, 3.63) is 0 Å². The Morgan fingerprint density at radius 2 is 1.66 bits per heavy atom. The van der Waals surface area contributed by atoms with Gasteiger partial charge in [-0.2, -0.15) is 0 Å². The Labute approximate surface area is 183 Å². The molecular formula is C18H29N5O9. The number of rotatable bonds is 13. The van der Waals surface area contributed by atoms with E-state index in [9.17, 15) is 33.9 Å². The Morgan fingerprint density at radius 1 is 1.03 bits per heavy atom. The normalized spacial score (nSPS) is 19.1. The first-order chi connectivity index (χ1) is 14.9. The van der Waals surface area contributed by atoms with E-state index in [0.29, 0.717) is 13.0 Å². The monoisotopic (exact) mass is 459 g/mol. The van der Waals surface area contributed by atoms with Crippen molar-refractivity contribution in [2.75, 3.05) is 6.54 Å². The Morgan fingerprint density at radius 3 is 2.12 bits per heavy atom. The third-order valence-corrected chi connectivity index (χ3v) is 4.75. The maximum absolute atomic E-state index is 12.7. The Bertz CT molecular complexity index is 736. The van der Waals surface area contributed by atoms with Crippen LogP contribution in [-0.4, -0.2) is 87.7 Å². The minimum Gasteiger partial charge on any atom is -0.481 e. The van der Waals surface area contributed by atoms with E-state index in [1.807, 2.05) is 5.32 Å². The number of carboxylic acids is 2. The van der Waals surface area contributed by atoms with E-state index in [0.717, 1.165) is 13.3 Å². The van der Waals surface area contributed by atoms with Gasteiger partial charge in [-0.15, -0.1) is 0 Å². The quantitative estimate of drug-likeness (QED) is 0.135. The van der Waals surface area contributed by atoms with Gasteiger partial charge in [0.25, 0.3) is 0 Å². The van der Waals surface area contributed by atoms with E-state index in [4.69, 9.17) is 15.9 Å². The zero-order valence-corrected chi connectivity index (χ0v) is 17.5. The molecule has 1 rings (SSSR count). The number of carbonyl (C=O) groups is 6. The molecule has 1 saturated heterocycles. The van der Waals surface area contributed by atoms with Crippen LogP contribution in [0.4, 0.5) is 0 Å². The number of hydrogen-bond acceptors (Lipinski definition) is 8. The summed E-state index contributed by atoms with van der Waals surface area (Å²) in [4.78, 5) is 71.0. The number of nitrogens with one attached hydrogen (secondary N) is 4. The maximum atomic E-state index is 12.7. The first-order valence-corrected chi connectivity index (χ1v) is 9.97. The van der Waals surface area contributed by atoms with E-state index in [2.05, 4.69) is 16.0 Å². The van der Waals surface area contributed by atoms with Gasteiger partial charge in [-0.05, 0) is 32.7 Å². The number of carboxylic acid groups (broad SMARTS) is 2. The van der Waals surface area contributed by atoms with Gasteiger partial charge < -0.3 is 42.3 Å². The largest absolute Gasteiger partial charge is 0.481 e. The van der Waals surface area contributed by atoms with Crippen LogP contribution in [0.15, 0.2) is 0 Å². The molecule has 180 valence electrons. The van der Waals surface area contributed by atoms with Gasteiger partial charge in [0.15, 0.2) is 6.04 Å². The number of aliphatic hydroxyl groups is 1. The van der Waals surface area contributed by atoms with Gasteiger partial charge in [0, 0.05) is 6.42 Å². The number of carbonyl (C=O) groups excluding carboxylic acids is 4. The second-order valence-electron chi connectivity index (χ2n) is 7.44. The molecule has 0 radical (unpaired) electrons. The molecule has 5 unspecified atom stereocenters. The molecule has 4 amide bonds. The fourth-order valence-corrected chi connectivity index (χ4v) is 3.03. The first-order valence-electron chi connectivity index (χ1n) is 9.97. The molecule has 1 fully saturated rings. The predicted molar refractivity (Wildman–Crippen MR) is 107 cm³/mol. The zero-order chi connectivity index (χ0) is 24.4. The highest BCUT2D eigenvalue weighted by molar-refractivity contribution is 5.96. The summed E-state index contributed by atoms with van der Waals surface area (Å²) >= 11 is 0. The smallest absolute Gasteiger partial charge is 0.328 e. The number of primary amides is 1. The SMILES string of the molecule is CC(O)C(NC(=O)C(CC(=O)O)NC(=O)C(CCC(N)=O)NC(=O)C1CCCN1)C(=O)O. The molecule has 0 saturated carbocycles. The van der Waals surface area contributed by atoms with Crippen molar-refractivity contribution in [2.24, 2.45) is 5.73 Å². The third-order valence-electron chi connectivity index (χ3n) is 4.75. The Balaban J connectivity index is 2.95. The van der Waals surface area contributed by atoms with Crippen molar-refractivity contribution in [2.45, 2.75) is 69.3 Å². The van der Waals surface area contributed by atoms with Crippen LogP contribution in [0.25, 0.3) is 0 Å². The van der Waals surface area contributed by atoms with Crippen LogP contribution in [0.5, 0.6) is 0 Å². The molecule has 32 heavy (non-hydrogen) atoms. The fourth-order valence-electron chi connectivity index (χ4n) is 3.03. The van der Waals surface area contributed by atoms with Gasteiger partial charge in [-0.1, -0.05) is 0 Å². The fraction of sp³-hybridized carbons (Fsp3) is 0.667. The maximum Gasteiger partial charge on any atom is 0.328 e. The van der Waals surface area contributed by atoms with E-state index in [-0.39, 0.29) is 12.8 Å². The molecule has 14 nitrogen and oxygen atoms in total. The van der Waals surface area contributed by atoms with Gasteiger partial charge in [-0.25, -0.2) is 4.79 Å². The molecule has 9 N–H and O–H groups in total. The summed E-state index contributed by atoms with van der Waals surface area (Å²) in [6.45, 7) is 1.72. The van der Waals surface area contributed by atoms with Crippen LogP contribution in [0.2, 0.25) is 0 Å². The van der Waals surface area contributed by atoms with Crippen LogP contribution >= 0.6 is 0 Å². The molecule has 0 aromatic carbocycles. The van der Waals surface area contributed by atoms with E-state index in [1.165, 1.54) is 0 Å². The Kier molecular flexibility index (Phi) is 10.5. The molecule has 1 heterocycles. The number of aliphatic carboxylic acids is 2. The highest BCUT2D eigenvalue weighted by Gasteiger charge is 2.33. The molecule has 5 atom stereocenters. The molecule has 0 aromatic rings. The van der Waals surface area contributed by atoms with Crippen molar-refractivity contribution >= 4 is 35.6 Å². The lowest BCUT2D eigenvalue weighted by Gasteiger charge is -2.25. The average Bonchev–Trinajstić information content (AvgIpc) is 3.22. The average molecular weight is 459 g/mol. The van der Waals surface area contributed by atoms with Crippen molar-refractivity contribution in [1.29, 1.82) is 0 Å². The molecule has 1 aliphatic heterocycles. The van der Waals surface area contributed by atoms with E-state index < -0.39 is 72.3 Å². The minimum atomic E-state index is -1.74. The summed E-state index contributed by atoms with van der Waals surface area (Å²) in [6, 6.07) is -5.29. The van der Waals surface area contributed by atoms with Gasteiger partial charge in [0.1, 0.15) is 12.1 Å².